The Morgan fingerprint density at radius 2 is 2.33 bits per heavy atom. The molecule has 0 amide bonds. The van der Waals surface area contributed by atoms with Gasteiger partial charge in [0.15, 0.2) is 5.71 Å². The first-order valence-electron chi connectivity index (χ1n) is 5.62. The van der Waals surface area contributed by atoms with Crippen LogP contribution in [0.2, 0.25) is 0 Å². The van der Waals surface area contributed by atoms with Crippen molar-refractivity contribution in [3.8, 4) is 0 Å². The number of nitrogens with zero attached hydrogens (tertiary/aromatic N) is 2. The smallest absolute Gasteiger partial charge is 0.357 e. The summed E-state index contributed by atoms with van der Waals surface area (Å²) < 4.78 is 4.90. The van der Waals surface area contributed by atoms with Crippen LogP contribution in [-0.2, 0) is 16.0 Å². The lowest BCUT2D eigenvalue weighted by molar-refractivity contribution is -0.384. The van der Waals surface area contributed by atoms with Gasteiger partial charge in [-0.2, -0.15) is 0 Å². The lowest BCUT2D eigenvalue weighted by Crippen LogP contribution is -2.24. The second kappa shape index (κ2) is 4.95. The number of hydrogen-bond donors (Lipinski definition) is 0. The molecule has 0 spiro atoms. The SMILES string of the molecule is CCOC(=O)C1=NCCc2ccc([N+](=O)[O-])cc21. The van der Waals surface area contributed by atoms with Crippen LogP contribution >= 0.6 is 0 Å². The maximum atomic E-state index is 11.7. The second-order valence-electron chi connectivity index (χ2n) is 3.80. The van der Waals surface area contributed by atoms with Gasteiger partial charge in [0.1, 0.15) is 0 Å². The number of nitro groups is 1. The summed E-state index contributed by atoms with van der Waals surface area (Å²) >= 11 is 0. The van der Waals surface area contributed by atoms with Crippen molar-refractivity contribution in [2.75, 3.05) is 13.2 Å². The maximum absolute atomic E-state index is 11.7. The van der Waals surface area contributed by atoms with E-state index in [2.05, 4.69) is 4.99 Å². The average molecular weight is 248 g/mol. The molecule has 0 saturated carbocycles. The Hall–Kier alpha value is -2.24. The van der Waals surface area contributed by atoms with E-state index in [4.69, 9.17) is 4.74 Å². The standard InChI is InChI=1S/C12H12N2O4/c1-2-18-12(15)11-10-7-9(14(16)17)4-3-8(10)5-6-13-11/h3-4,7H,2,5-6H2,1H3. The number of aliphatic imine (C=N–C) groups is 1. The first-order valence-corrected chi connectivity index (χ1v) is 5.62. The minimum atomic E-state index is -0.529. The predicted octanol–water partition coefficient (Wildman–Crippen LogP) is 1.50. The summed E-state index contributed by atoms with van der Waals surface area (Å²) in [6.45, 7) is 2.46. The summed E-state index contributed by atoms with van der Waals surface area (Å²) in [5, 5.41) is 10.7. The lowest BCUT2D eigenvalue weighted by atomic mass is 9.97. The van der Waals surface area contributed by atoms with E-state index in [1.165, 1.54) is 12.1 Å². The number of carbonyl (C=O) groups is 1. The molecule has 0 aromatic heterocycles. The highest BCUT2D eigenvalue weighted by Gasteiger charge is 2.23. The van der Waals surface area contributed by atoms with Crippen LogP contribution in [0.1, 0.15) is 18.1 Å². The fraction of sp³-hybridized carbons (Fsp3) is 0.333. The molecule has 0 unspecified atom stereocenters. The Morgan fingerprint density at radius 3 is 3.00 bits per heavy atom. The molecule has 0 radical (unpaired) electrons. The topological polar surface area (TPSA) is 81.8 Å². The molecule has 0 N–H and O–H groups in total. The van der Waals surface area contributed by atoms with Gasteiger partial charge in [-0.05, 0) is 18.9 Å². The molecule has 94 valence electrons. The van der Waals surface area contributed by atoms with Crippen LogP contribution in [0, 0.1) is 10.1 Å². The first-order chi connectivity index (χ1) is 8.63. The number of benzene rings is 1. The van der Waals surface area contributed by atoms with Crippen molar-refractivity contribution in [3.63, 3.8) is 0 Å². The van der Waals surface area contributed by atoms with Gasteiger partial charge in [0.25, 0.3) is 5.69 Å². The zero-order chi connectivity index (χ0) is 13.1. The third-order valence-corrected chi connectivity index (χ3v) is 2.68. The zero-order valence-electron chi connectivity index (χ0n) is 9.88. The van der Waals surface area contributed by atoms with Crippen LogP contribution in [0.15, 0.2) is 23.2 Å². The third kappa shape index (κ3) is 2.22. The highest BCUT2D eigenvalue weighted by Crippen LogP contribution is 2.22. The van der Waals surface area contributed by atoms with Gasteiger partial charge in [0, 0.05) is 24.2 Å². The molecule has 1 aliphatic rings. The van der Waals surface area contributed by atoms with Gasteiger partial charge >= 0.3 is 5.97 Å². The summed E-state index contributed by atoms with van der Waals surface area (Å²) in [5.41, 5.74) is 1.53. The molecule has 1 heterocycles. The predicted molar refractivity (Wildman–Crippen MR) is 64.8 cm³/mol. The van der Waals surface area contributed by atoms with E-state index >= 15 is 0 Å². The number of fused-ring (bicyclic) bond motifs is 1. The molecule has 1 aromatic rings. The lowest BCUT2D eigenvalue weighted by Gasteiger charge is -2.15. The molecule has 0 saturated heterocycles. The molecule has 0 fully saturated rings. The number of hydrogen-bond acceptors (Lipinski definition) is 5. The van der Waals surface area contributed by atoms with E-state index < -0.39 is 10.9 Å². The largest absolute Gasteiger partial charge is 0.461 e. The molecule has 0 atom stereocenters. The van der Waals surface area contributed by atoms with Crippen LogP contribution < -0.4 is 0 Å². The highest BCUT2D eigenvalue weighted by molar-refractivity contribution is 6.44. The van der Waals surface area contributed by atoms with Gasteiger partial charge in [-0.15, -0.1) is 0 Å². The Balaban J connectivity index is 2.43. The van der Waals surface area contributed by atoms with Crippen molar-refractivity contribution in [2.45, 2.75) is 13.3 Å². The van der Waals surface area contributed by atoms with Gasteiger partial charge in [0.05, 0.1) is 11.5 Å². The number of carbonyl (C=O) groups excluding carboxylic acids is 1. The summed E-state index contributed by atoms with van der Waals surface area (Å²) in [4.78, 5) is 26.1. The molecular weight excluding hydrogens is 236 g/mol. The second-order valence-corrected chi connectivity index (χ2v) is 3.80. The zero-order valence-corrected chi connectivity index (χ0v) is 9.88. The Morgan fingerprint density at radius 1 is 1.56 bits per heavy atom. The van der Waals surface area contributed by atoms with Gasteiger partial charge in [-0.3, -0.25) is 15.1 Å². The van der Waals surface area contributed by atoms with Crippen molar-refractivity contribution in [3.05, 3.63) is 39.4 Å². The summed E-state index contributed by atoms with van der Waals surface area (Å²) in [7, 11) is 0. The molecule has 6 nitrogen and oxygen atoms in total. The molecule has 0 bridgehead atoms. The van der Waals surface area contributed by atoms with Crippen LogP contribution in [-0.4, -0.2) is 29.8 Å². The van der Waals surface area contributed by atoms with Crippen molar-refractivity contribution >= 4 is 17.4 Å². The third-order valence-electron chi connectivity index (χ3n) is 2.68. The Kier molecular flexibility index (Phi) is 3.36. The van der Waals surface area contributed by atoms with E-state index in [1.54, 1.807) is 13.0 Å². The number of ether oxygens (including phenoxy) is 1. The van der Waals surface area contributed by atoms with Crippen LogP contribution in [0.25, 0.3) is 0 Å². The fourth-order valence-electron chi connectivity index (χ4n) is 1.86. The van der Waals surface area contributed by atoms with Gasteiger partial charge < -0.3 is 4.74 Å². The van der Waals surface area contributed by atoms with Crippen molar-refractivity contribution in [2.24, 2.45) is 4.99 Å². The quantitative estimate of drug-likeness (QED) is 0.461. The van der Waals surface area contributed by atoms with Crippen LogP contribution in [0.5, 0.6) is 0 Å². The van der Waals surface area contributed by atoms with E-state index in [0.29, 0.717) is 18.5 Å². The van der Waals surface area contributed by atoms with Crippen LogP contribution in [0.4, 0.5) is 5.69 Å². The van der Waals surface area contributed by atoms with E-state index in [9.17, 15) is 14.9 Å². The Labute approximate surface area is 103 Å². The minimum Gasteiger partial charge on any atom is -0.461 e. The normalized spacial score (nSPS) is 13.5. The van der Waals surface area contributed by atoms with E-state index in [1.807, 2.05) is 0 Å². The molecular formula is C12H12N2O4. The number of rotatable bonds is 3. The summed E-state index contributed by atoms with van der Waals surface area (Å²) in [6.07, 6.45) is 0.677. The average Bonchev–Trinajstić information content (AvgIpc) is 2.37. The molecule has 6 heteroatoms. The van der Waals surface area contributed by atoms with Crippen LogP contribution in [0.3, 0.4) is 0 Å². The van der Waals surface area contributed by atoms with Gasteiger partial charge in [0.2, 0.25) is 0 Å². The van der Waals surface area contributed by atoms with Gasteiger partial charge in [-0.1, -0.05) is 6.07 Å². The monoisotopic (exact) mass is 248 g/mol. The maximum Gasteiger partial charge on any atom is 0.357 e. The summed E-state index contributed by atoms with van der Waals surface area (Å²) in [6, 6.07) is 4.48. The Bertz CT molecular complexity index is 537. The number of esters is 1. The number of nitro benzene ring substituents is 1. The van der Waals surface area contributed by atoms with Crippen molar-refractivity contribution < 1.29 is 14.5 Å². The van der Waals surface area contributed by atoms with Gasteiger partial charge in [-0.25, -0.2) is 4.79 Å². The number of non-ortho nitro benzene ring substituents is 1. The summed E-state index contributed by atoms with van der Waals surface area (Å²) in [5.74, 6) is -0.529. The molecule has 18 heavy (non-hydrogen) atoms. The molecule has 2 rings (SSSR count). The van der Waals surface area contributed by atoms with E-state index in [-0.39, 0.29) is 18.0 Å². The minimum absolute atomic E-state index is 0.0485. The van der Waals surface area contributed by atoms with E-state index in [0.717, 1.165) is 5.56 Å². The van der Waals surface area contributed by atoms with Crippen molar-refractivity contribution in [1.82, 2.24) is 0 Å². The molecule has 1 aromatic carbocycles. The highest BCUT2D eigenvalue weighted by atomic mass is 16.6. The molecule has 1 aliphatic heterocycles. The molecule has 0 aliphatic carbocycles. The fourth-order valence-corrected chi connectivity index (χ4v) is 1.86. The van der Waals surface area contributed by atoms with Crippen molar-refractivity contribution in [1.29, 1.82) is 0 Å². The first kappa shape index (κ1) is 12.2.